The van der Waals surface area contributed by atoms with Crippen LogP contribution >= 0.6 is 0 Å². The molecule has 2 rings (SSSR count). The Balaban J connectivity index is 2.58. The van der Waals surface area contributed by atoms with E-state index in [1.165, 1.54) is 0 Å². The van der Waals surface area contributed by atoms with E-state index in [0.717, 1.165) is 0 Å². The average Bonchev–Trinajstić information content (AvgIpc) is 2.43. The number of rotatable bonds is 5. The van der Waals surface area contributed by atoms with Crippen molar-refractivity contribution in [3.05, 3.63) is 12.7 Å². The maximum atomic E-state index is 11.9. The van der Waals surface area contributed by atoms with Crippen molar-refractivity contribution in [3.63, 3.8) is 0 Å². The van der Waals surface area contributed by atoms with Gasteiger partial charge in [-0.05, 0) is 51.9 Å². The number of ether oxygens (including phenoxy) is 1. The Labute approximate surface area is 155 Å². The number of aliphatic hydroxyl groups excluding tert-OH is 1. The van der Waals surface area contributed by atoms with Crippen LogP contribution in [0.15, 0.2) is 12.7 Å². The molecular weight excluding hydrogens is 336 g/mol. The van der Waals surface area contributed by atoms with Gasteiger partial charge in [-0.2, -0.15) is 0 Å². The second kappa shape index (κ2) is 6.34. The van der Waals surface area contributed by atoms with Gasteiger partial charge >= 0.3 is 11.9 Å². The molecule has 0 aromatic rings. The lowest BCUT2D eigenvalue weighted by molar-refractivity contribution is -0.270. The molecule has 0 amide bonds. The van der Waals surface area contributed by atoms with Crippen molar-refractivity contribution in [3.8, 4) is 0 Å². The van der Waals surface area contributed by atoms with Crippen molar-refractivity contribution >= 4 is 11.9 Å². The molecule has 6 nitrogen and oxygen atoms in total. The summed E-state index contributed by atoms with van der Waals surface area (Å²) >= 11 is 0. The highest BCUT2D eigenvalue weighted by atomic mass is 16.5. The first-order valence-electron chi connectivity index (χ1n) is 9.19. The summed E-state index contributed by atoms with van der Waals surface area (Å²) in [6.07, 6.45) is 2.23. The normalized spacial score (nSPS) is 43.4. The summed E-state index contributed by atoms with van der Waals surface area (Å²) in [7, 11) is 0. The van der Waals surface area contributed by atoms with E-state index in [2.05, 4.69) is 6.58 Å². The van der Waals surface area contributed by atoms with Crippen LogP contribution in [0.2, 0.25) is 0 Å². The lowest BCUT2D eigenvalue weighted by atomic mass is 9.46. The number of carboxylic acids is 2. The zero-order valence-corrected chi connectivity index (χ0v) is 16.4. The largest absolute Gasteiger partial charge is 0.481 e. The van der Waals surface area contributed by atoms with E-state index in [0.29, 0.717) is 12.8 Å². The van der Waals surface area contributed by atoms with Crippen LogP contribution < -0.4 is 0 Å². The number of aliphatic hydroxyl groups is 1. The quantitative estimate of drug-likeness (QED) is 0.644. The average molecular weight is 368 g/mol. The van der Waals surface area contributed by atoms with Gasteiger partial charge in [-0.1, -0.05) is 13.0 Å². The number of fused-ring (bicyclic) bond motifs is 1. The molecule has 6 heteroatoms. The van der Waals surface area contributed by atoms with Crippen molar-refractivity contribution in [1.82, 2.24) is 0 Å². The molecule has 6 atom stereocenters. The molecule has 2 unspecified atom stereocenters. The molecule has 1 saturated carbocycles. The Morgan fingerprint density at radius 2 is 1.85 bits per heavy atom. The van der Waals surface area contributed by atoms with Gasteiger partial charge in [-0.25, -0.2) is 0 Å². The Kier molecular flexibility index (Phi) is 5.10. The van der Waals surface area contributed by atoms with E-state index in [-0.39, 0.29) is 18.8 Å². The molecule has 0 radical (unpaired) electrons. The van der Waals surface area contributed by atoms with Gasteiger partial charge < -0.3 is 20.1 Å². The summed E-state index contributed by atoms with van der Waals surface area (Å²) in [5.41, 5.74) is -3.45. The highest BCUT2D eigenvalue weighted by molar-refractivity contribution is 5.75. The molecule has 0 spiro atoms. The standard InChI is InChI=1S/C20H32O6/c1-7-18(4)9-8-13-19(5,11-14(22)23)15(17(2,3)16(24)25)12(21)10-20(13,6)26-18/h7,12-13,15,21H,1,8-11H2,2-6H3,(H,22,23)(H,24,25)/t12-,13?,15?,18+,19+,20+/m1/s1. The molecule has 0 bridgehead atoms. The number of hydrogen-bond acceptors (Lipinski definition) is 4. The SMILES string of the molecule is C=C[C@@]1(C)CCC2[C@](C)(CC(=O)O)C(C(C)(C)C(=O)O)[C@H](O)C[C@]2(C)O1. The summed E-state index contributed by atoms with van der Waals surface area (Å²) in [4.78, 5) is 23.6. The van der Waals surface area contributed by atoms with Gasteiger partial charge in [0.15, 0.2) is 0 Å². The van der Waals surface area contributed by atoms with Crippen LogP contribution in [0.3, 0.4) is 0 Å². The number of carboxylic acid groups (broad SMARTS) is 2. The first-order chi connectivity index (χ1) is 11.7. The van der Waals surface area contributed by atoms with Crippen LogP contribution in [0.5, 0.6) is 0 Å². The van der Waals surface area contributed by atoms with Gasteiger partial charge in [0.25, 0.3) is 0 Å². The van der Waals surface area contributed by atoms with Gasteiger partial charge in [0.2, 0.25) is 0 Å². The lowest BCUT2D eigenvalue weighted by Crippen LogP contribution is -2.66. The van der Waals surface area contributed by atoms with E-state index in [4.69, 9.17) is 4.74 Å². The molecule has 3 N–H and O–H groups in total. The highest BCUT2D eigenvalue weighted by Gasteiger charge is 2.65. The number of carbonyl (C=O) groups is 2. The molecule has 1 heterocycles. The third-order valence-electron chi connectivity index (χ3n) is 6.93. The van der Waals surface area contributed by atoms with E-state index in [1.54, 1.807) is 19.9 Å². The van der Waals surface area contributed by atoms with Crippen molar-refractivity contribution in [2.24, 2.45) is 22.7 Å². The summed E-state index contributed by atoms with van der Waals surface area (Å²) in [6.45, 7) is 12.6. The van der Waals surface area contributed by atoms with E-state index < -0.39 is 46.0 Å². The predicted molar refractivity (Wildman–Crippen MR) is 96.7 cm³/mol. The van der Waals surface area contributed by atoms with Gasteiger partial charge in [0.1, 0.15) is 0 Å². The van der Waals surface area contributed by atoms with Gasteiger partial charge in [0.05, 0.1) is 29.1 Å². The first-order valence-corrected chi connectivity index (χ1v) is 9.19. The summed E-state index contributed by atoms with van der Waals surface area (Å²) in [6, 6.07) is 0. The number of hydrogen-bond donors (Lipinski definition) is 3. The summed E-state index contributed by atoms with van der Waals surface area (Å²) in [5.74, 6) is -2.90. The summed E-state index contributed by atoms with van der Waals surface area (Å²) in [5, 5.41) is 30.3. The molecule has 26 heavy (non-hydrogen) atoms. The molecular formula is C20H32O6. The van der Waals surface area contributed by atoms with Crippen LogP contribution in [0.4, 0.5) is 0 Å². The summed E-state index contributed by atoms with van der Waals surface area (Å²) < 4.78 is 6.37. The fourth-order valence-corrected chi connectivity index (χ4v) is 5.93. The molecule has 1 aliphatic heterocycles. The molecule has 2 aliphatic rings. The van der Waals surface area contributed by atoms with E-state index in [1.807, 2.05) is 20.8 Å². The monoisotopic (exact) mass is 368 g/mol. The molecule has 0 aromatic heterocycles. The Bertz CT molecular complexity index is 613. The van der Waals surface area contributed by atoms with Crippen molar-refractivity contribution in [2.75, 3.05) is 0 Å². The zero-order chi connectivity index (χ0) is 20.1. The fourth-order valence-electron chi connectivity index (χ4n) is 5.93. The minimum absolute atomic E-state index is 0.175. The smallest absolute Gasteiger partial charge is 0.309 e. The fraction of sp³-hybridized carbons (Fsp3) is 0.800. The second-order valence-corrected chi connectivity index (χ2v) is 9.38. The highest BCUT2D eigenvalue weighted by Crippen LogP contribution is 2.62. The van der Waals surface area contributed by atoms with Crippen molar-refractivity contribution < 1.29 is 29.6 Å². The Morgan fingerprint density at radius 1 is 1.27 bits per heavy atom. The van der Waals surface area contributed by atoms with E-state index in [9.17, 15) is 24.9 Å². The Hall–Kier alpha value is -1.40. The van der Waals surface area contributed by atoms with Crippen LogP contribution in [-0.4, -0.2) is 44.6 Å². The maximum Gasteiger partial charge on any atom is 0.309 e. The topological polar surface area (TPSA) is 104 Å². The minimum atomic E-state index is -1.26. The lowest BCUT2D eigenvalue weighted by Gasteiger charge is -2.63. The van der Waals surface area contributed by atoms with Gasteiger partial charge in [0, 0.05) is 12.3 Å². The van der Waals surface area contributed by atoms with Crippen LogP contribution in [0.25, 0.3) is 0 Å². The van der Waals surface area contributed by atoms with Crippen LogP contribution in [0.1, 0.15) is 60.3 Å². The maximum absolute atomic E-state index is 11.9. The minimum Gasteiger partial charge on any atom is -0.481 e. The molecule has 148 valence electrons. The molecule has 1 aliphatic carbocycles. The Morgan fingerprint density at radius 3 is 2.31 bits per heavy atom. The predicted octanol–water partition coefficient (Wildman–Crippen LogP) is 3.09. The van der Waals surface area contributed by atoms with Gasteiger partial charge in [-0.15, -0.1) is 6.58 Å². The van der Waals surface area contributed by atoms with Crippen LogP contribution in [-0.2, 0) is 14.3 Å². The first kappa shape index (κ1) is 20.9. The molecule has 1 saturated heterocycles. The number of aliphatic carboxylic acids is 2. The van der Waals surface area contributed by atoms with Crippen molar-refractivity contribution in [1.29, 1.82) is 0 Å². The molecule has 0 aromatic carbocycles. The van der Waals surface area contributed by atoms with Crippen LogP contribution in [0, 0.1) is 22.7 Å². The second-order valence-electron chi connectivity index (χ2n) is 9.38. The molecule has 2 fully saturated rings. The van der Waals surface area contributed by atoms with E-state index >= 15 is 0 Å². The van der Waals surface area contributed by atoms with Gasteiger partial charge in [-0.3, -0.25) is 9.59 Å². The van der Waals surface area contributed by atoms with Crippen molar-refractivity contribution in [2.45, 2.75) is 77.6 Å². The zero-order valence-electron chi connectivity index (χ0n) is 16.4. The third-order valence-corrected chi connectivity index (χ3v) is 6.93. The third kappa shape index (κ3) is 3.18.